The Labute approximate surface area is 100 Å². The molecule has 0 aliphatic heterocycles. The molecule has 0 aliphatic rings. The van der Waals surface area contributed by atoms with Gasteiger partial charge in [0.2, 0.25) is 0 Å². The van der Waals surface area contributed by atoms with Crippen molar-refractivity contribution in [3.05, 3.63) is 46.5 Å². The molecule has 0 unspecified atom stereocenters. The average molecular weight is 231 g/mol. The summed E-state index contributed by atoms with van der Waals surface area (Å²) in [6, 6.07) is 7.13. The van der Waals surface area contributed by atoms with Crippen molar-refractivity contribution in [3.8, 4) is 0 Å². The van der Waals surface area contributed by atoms with E-state index < -0.39 is 0 Å². The Morgan fingerprint density at radius 2 is 2.24 bits per heavy atom. The summed E-state index contributed by atoms with van der Waals surface area (Å²) in [5, 5.41) is 3.28. The van der Waals surface area contributed by atoms with Crippen LogP contribution in [0.4, 0.5) is 0 Å². The van der Waals surface area contributed by atoms with Gasteiger partial charge in [0.25, 0.3) is 5.56 Å². The second kappa shape index (κ2) is 5.10. The van der Waals surface area contributed by atoms with Gasteiger partial charge in [-0.3, -0.25) is 9.20 Å². The van der Waals surface area contributed by atoms with E-state index in [1.54, 1.807) is 16.7 Å². The average Bonchev–Trinajstić information content (AvgIpc) is 2.28. The number of hydrogen-bond donors (Lipinski definition) is 1. The van der Waals surface area contributed by atoms with Crippen LogP contribution in [0, 0.1) is 5.92 Å². The second-order valence-corrected chi connectivity index (χ2v) is 4.54. The number of fused-ring (bicyclic) bond motifs is 1. The third-order valence-corrected chi connectivity index (χ3v) is 2.48. The van der Waals surface area contributed by atoms with Gasteiger partial charge in [-0.2, -0.15) is 0 Å². The normalized spacial score (nSPS) is 11.2. The van der Waals surface area contributed by atoms with Gasteiger partial charge in [-0.15, -0.1) is 0 Å². The molecule has 90 valence electrons. The minimum atomic E-state index is -0.0306. The number of nitrogens with zero attached hydrogens (tertiary/aromatic N) is 2. The van der Waals surface area contributed by atoms with Crippen LogP contribution >= 0.6 is 0 Å². The molecule has 2 aromatic heterocycles. The third-order valence-electron chi connectivity index (χ3n) is 2.48. The molecule has 0 amide bonds. The molecule has 2 heterocycles. The van der Waals surface area contributed by atoms with Crippen LogP contribution in [-0.2, 0) is 6.54 Å². The predicted molar refractivity (Wildman–Crippen MR) is 68.0 cm³/mol. The van der Waals surface area contributed by atoms with E-state index in [4.69, 9.17) is 0 Å². The minimum Gasteiger partial charge on any atom is -0.311 e. The highest BCUT2D eigenvalue weighted by molar-refractivity contribution is 5.37. The number of pyridine rings is 1. The summed E-state index contributed by atoms with van der Waals surface area (Å²) < 4.78 is 1.55. The molecular weight excluding hydrogens is 214 g/mol. The quantitative estimate of drug-likeness (QED) is 0.866. The Morgan fingerprint density at radius 3 is 3.00 bits per heavy atom. The lowest BCUT2D eigenvalue weighted by molar-refractivity contribution is 0.548. The summed E-state index contributed by atoms with van der Waals surface area (Å²) in [7, 11) is 0. The molecule has 0 aromatic carbocycles. The van der Waals surface area contributed by atoms with Crippen molar-refractivity contribution in [2.45, 2.75) is 20.4 Å². The van der Waals surface area contributed by atoms with E-state index in [0.29, 0.717) is 18.1 Å². The molecule has 0 fully saturated rings. The summed E-state index contributed by atoms with van der Waals surface area (Å²) >= 11 is 0. The molecule has 2 aromatic rings. The molecule has 0 bridgehead atoms. The zero-order chi connectivity index (χ0) is 12.3. The van der Waals surface area contributed by atoms with Crippen molar-refractivity contribution < 1.29 is 0 Å². The highest BCUT2D eigenvalue weighted by Crippen LogP contribution is 1.98. The fourth-order valence-electron chi connectivity index (χ4n) is 1.68. The lowest BCUT2D eigenvalue weighted by Crippen LogP contribution is -2.22. The molecule has 0 saturated heterocycles. The van der Waals surface area contributed by atoms with Gasteiger partial charge in [-0.05, 0) is 24.6 Å². The van der Waals surface area contributed by atoms with E-state index in [-0.39, 0.29) is 5.56 Å². The minimum absolute atomic E-state index is 0.0306. The molecule has 0 saturated carbocycles. The van der Waals surface area contributed by atoms with Crippen LogP contribution in [0.15, 0.2) is 35.3 Å². The number of hydrogen-bond acceptors (Lipinski definition) is 3. The smallest absolute Gasteiger partial charge is 0.258 e. The fraction of sp³-hybridized carbons (Fsp3) is 0.385. The lowest BCUT2D eigenvalue weighted by Gasteiger charge is -2.07. The van der Waals surface area contributed by atoms with Gasteiger partial charge in [0.05, 0.1) is 5.69 Å². The van der Waals surface area contributed by atoms with Gasteiger partial charge in [-0.1, -0.05) is 19.9 Å². The molecule has 4 heteroatoms. The van der Waals surface area contributed by atoms with Crippen LogP contribution in [0.3, 0.4) is 0 Å². The SMILES string of the molecule is CC(C)CNCc1cc(=O)n2ccccc2n1. The summed E-state index contributed by atoms with van der Waals surface area (Å²) in [5.74, 6) is 0.594. The van der Waals surface area contributed by atoms with E-state index in [2.05, 4.69) is 24.1 Å². The van der Waals surface area contributed by atoms with Crippen molar-refractivity contribution in [2.24, 2.45) is 5.92 Å². The van der Waals surface area contributed by atoms with Gasteiger partial charge >= 0.3 is 0 Å². The predicted octanol–water partition coefficient (Wildman–Crippen LogP) is 1.44. The zero-order valence-electron chi connectivity index (χ0n) is 10.2. The third kappa shape index (κ3) is 2.91. The van der Waals surface area contributed by atoms with Crippen LogP contribution in [-0.4, -0.2) is 15.9 Å². The molecule has 2 rings (SSSR count). The van der Waals surface area contributed by atoms with E-state index in [1.807, 2.05) is 18.2 Å². The highest BCUT2D eigenvalue weighted by Gasteiger charge is 2.01. The molecule has 1 N–H and O–H groups in total. The number of nitrogens with one attached hydrogen (secondary N) is 1. The maximum absolute atomic E-state index is 11.8. The first-order chi connectivity index (χ1) is 8.16. The van der Waals surface area contributed by atoms with Crippen LogP contribution in [0.1, 0.15) is 19.5 Å². The Hall–Kier alpha value is -1.68. The van der Waals surface area contributed by atoms with Crippen LogP contribution in [0.5, 0.6) is 0 Å². The van der Waals surface area contributed by atoms with Crippen LogP contribution in [0.25, 0.3) is 5.65 Å². The summed E-state index contributed by atoms with van der Waals surface area (Å²) in [5.41, 5.74) is 1.46. The molecule has 17 heavy (non-hydrogen) atoms. The Kier molecular flexibility index (Phi) is 3.54. The van der Waals surface area contributed by atoms with Gasteiger partial charge in [-0.25, -0.2) is 4.98 Å². The molecule has 0 aliphatic carbocycles. The molecule has 0 atom stereocenters. The maximum Gasteiger partial charge on any atom is 0.258 e. The second-order valence-electron chi connectivity index (χ2n) is 4.54. The van der Waals surface area contributed by atoms with Crippen molar-refractivity contribution in [3.63, 3.8) is 0 Å². The summed E-state index contributed by atoms with van der Waals surface area (Å²) in [4.78, 5) is 16.2. The van der Waals surface area contributed by atoms with E-state index in [9.17, 15) is 4.79 Å². The highest BCUT2D eigenvalue weighted by atomic mass is 16.1. The van der Waals surface area contributed by atoms with E-state index in [1.165, 1.54) is 0 Å². The molecule has 4 nitrogen and oxygen atoms in total. The lowest BCUT2D eigenvalue weighted by atomic mass is 10.2. The van der Waals surface area contributed by atoms with Crippen molar-refractivity contribution in [1.29, 1.82) is 0 Å². The van der Waals surface area contributed by atoms with Crippen LogP contribution in [0.2, 0.25) is 0 Å². The van der Waals surface area contributed by atoms with E-state index in [0.717, 1.165) is 12.2 Å². The monoisotopic (exact) mass is 231 g/mol. The summed E-state index contributed by atoms with van der Waals surface area (Å²) in [6.45, 7) is 5.86. The van der Waals surface area contributed by atoms with E-state index >= 15 is 0 Å². The largest absolute Gasteiger partial charge is 0.311 e. The standard InChI is InChI=1S/C13H17N3O/c1-10(2)8-14-9-11-7-13(17)16-6-4-3-5-12(16)15-11/h3-7,10,14H,8-9H2,1-2H3. The topological polar surface area (TPSA) is 46.4 Å². The summed E-state index contributed by atoms with van der Waals surface area (Å²) in [6.07, 6.45) is 1.73. The van der Waals surface area contributed by atoms with Crippen LogP contribution < -0.4 is 10.9 Å². The Morgan fingerprint density at radius 1 is 1.41 bits per heavy atom. The molecular formula is C13H17N3O. The Balaban J connectivity index is 2.22. The van der Waals surface area contributed by atoms with Crippen molar-refractivity contribution in [1.82, 2.24) is 14.7 Å². The van der Waals surface area contributed by atoms with Crippen molar-refractivity contribution >= 4 is 5.65 Å². The zero-order valence-corrected chi connectivity index (χ0v) is 10.2. The Bertz CT molecular complexity index is 560. The number of aromatic nitrogens is 2. The maximum atomic E-state index is 11.8. The first-order valence-electron chi connectivity index (χ1n) is 5.85. The van der Waals surface area contributed by atoms with Gasteiger partial charge in [0.15, 0.2) is 0 Å². The number of rotatable bonds is 4. The van der Waals surface area contributed by atoms with Crippen molar-refractivity contribution in [2.75, 3.05) is 6.54 Å². The van der Waals surface area contributed by atoms with Gasteiger partial charge in [0, 0.05) is 18.8 Å². The first kappa shape index (κ1) is 11.8. The fourth-order valence-corrected chi connectivity index (χ4v) is 1.68. The first-order valence-corrected chi connectivity index (χ1v) is 5.85. The van der Waals surface area contributed by atoms with Gasteiger partial charge < -0.3 is 5.32 Å². The van der Waals surface area contributed by atoms with Gasteiger partial charge in [0.1, 0.15) is 5.65 Å². The molecule has 0 radical (unpaired) electrons. The molecule has 0 spiro atoms.